The van der Waals surface area contributed by atoms with Gasteiger partial charge in [0, 0.05) is 5.92 Å². The van der Waals surface area contributed by atoms with E-state index in [1.807, 2.05) is 13.8 Å². The summed E-state index contributed by atoms with van der Waals surface area (Å²) in [7, 11) is 0. The lowest BCUT2D eigenvalue weighted by atomic mass is 9.75. The molecule has 1 aliphatic carbocycles. The Morgan fingerprint density at radius 3 is 2.83 bits per heavy atom. The van der Waals surface area contributed by atoms with Crippen molar-refractivity contribution in [3.05, 3.63) is 0 Å². The van der Waals surface area contributed by atoms with Gasteiger partial charge in [-0.25, -0.2) is 0 Å². The average Bonchev–Trinajstić information content (AvgIpc) is 2.23. The third-order valence-corrected chi connectivity index (χ3v) is 3.68. The molecule has 2 bridgehead atoms. The summed E-state index contributed by atoms with van der Waals surface area (Å²) in [5.41, 5.74) is -0.279. The topological polar surface area (TPSA) is 46.2 Å². The zero-order valence-corrected chi connectivity index (χ0v) is 7.39. The van der Waals surface area contributed by atoms with E-state index in [9.17, 15) is 9.59 Å². The lowest BCUT2D eigenvalue weighted by Gasteiger charge is -2.33. The largest absolute Gasteiger partial charge is 0.296 e. The second kappa shape index (κ2) is 2.09. The van der Waals surface area contributed by atoms with Crippen LogP contribution in [0.15, 0.2) is 0 Å². The molecule has 2 aliphatic rings. The van der Waals surface area contributed by atoms with Gasteiger partial charge in [-0.2, -0.15) is 0 Å². The molecule has 0 spiro atoms. The summed E-state index contributed by atoms with van der Waals surface area (Å²) in [5.74, 6) is 0.155. The molecule has 1 N–H and O–H groups in total. The molecule has 1 aliphatic heterocycles. The van der Waals surface area contributed by atoms with E-state index in [2.05, 4.69) is 5.32 Å². The van der Waals surface area contributed by atoms with E-state index < -0.39 is 0 Å². The van der Waals surface area contributed by atoms with Gasteiger partial charge in [-0.3, -0.25) is 14.9 Å². The Morgan fingerprint density at radius 2 is 2.17 bits per heavy atom. The van der Waals surface area contributed by atoms with E-state index in [1.165, 1.54) is 0 Å². The minimum atomic E-state index is -0.279. The number of carbonyl (C=O) groups excluding carboxylic acids is 2. The van der Waals surface area contributed by atoms with Crippen molar-refractivity contribution in [3.8, 4) is 0 Å². The van der Waals surface area contributed by atoms with Crippen LogP contribution < -0.4 is 5.32 Å². The van der Waals surface area contributed by atoms with E-state index in [-0.39, 0.29) is 29.1 Å². The minimum absolute atomic E-state index is 0.0672. The number of piperidine rings is 1. The molecule has 2 fully saturated rings. The number of hydrogen-bond donors (Lipinski definition) is 1. The van der Waals surface area contributed by atoms with Gasteiger partial charge in [0.2, 0.25) is 11.8 Å². The van der Waals surface area contributed by atoms with Crippen LogP contribution in [0.4, 0.5) is 0 Å². The molecule has 2 amide bonds. The number of nitrogens with one attached hydrogen (secondary N) is 1. The zero-order chi connectivity index (χ0) is 8.93. The van der Waals surface area contributed by atoms with Crippen molar-refractivity contribution in [1.29, 1.82) is 0 Å². The fourth-order valence-corrected chi connectivity index (χ4v) is 2.40. The predicted molar refractivity (Wildman–Crippen MR) is 43.1 cm³/mol. The Bertz CT molecular complexity index is 261. The zero-order valence-electron chi connectivity index (χ0n) is 7.39. The Morgan fingerprint density at radius 1 is 1.50 bits per heavy atom. The van der Waals surface area contributed by atoms with Crippen molar-refractivity contribution >= 4 is 11.8 Å². The van der Waals surface area contributed by atoms with Crippen molar-refractivity contribution in [2.75, 3.05) is 0 Å². The van der Waals surface area contributed by atoms with Crippen LogP contribution in [-0.2, 0) is 9.59 Å². The SMILES string of the molecule is C[C@@H]1[C@@H]2CC[C@@]1(C)C(=O)NC2=O. The molecule has 3 heteroatoms. The minimum Gasteiger partial charge on any atom is -0.296 e. The van der Waals surface area contributed by atoms with Crippen LogP contribution in [0.2, 0.25) is 0 Å². The number of imide groups is 1. The monoisotopic (exact) mass is 167 g/mol. The van der Waals surface area contributed by atoms with Crippen molar-refractivity contribution in [2.24, 2.45) is 17.3 Å². The van der Waals surface area contributed by atoms with E-state index in [0.717, 1.165) is 12.8 Å². The van der Waals surface area contributed by atoms with Gasteiger partial charge in [0.25, 0.3) is 0 Å². The Hall–Kier alpha value is -0.860. The maximum Gasteiger partial charge on any atom is 0.232 e. The Labute approximate surface area is 71.5 Å². The molecule has 1 heterocycles. The Kier molecular flexibility index (Phi) is 1.35. The highest BCUT2D eigenvalue weighted by atomic mass is 16.2. The molecule has 0 aromatic rings. The molecule has 66 valence electrons. The highest BCUT2D eigenvalue weighted by Crippen LogP contribution is 2.49. The average molecular weight is 167 g/mol. The Balaban J connectivity index is 2.40. The van der Waals surface area contributed by atoms with Crippen molar-refractivity contribution in [1.82, 2.24) is 5.32 Å². The van der Waals surface area contributed by atoms with Crippen LogP contribution in [-0.4, -0.2) is 11.8 Å². The molecule has 12 heavy (non-hydrogen) atoms. The quantitative estimate of drug-likeness (QED) is 0.540. The third-order valence-electron chi connectivity index (χ3n) is 3.68. The number of amides is 2. The second-order valence-corrected chi connectivity index (χ2v) is 4.17. The molecule has 0 aromatic carbocycles. The molecule has 2 rings (SSSR count). The predicted octanol–water partition coefficient (Wildman–Crippen LogP) is 0.695. The highest BCUT2D eigenvalue weighted by molar-refractivity contribution is 6.02. The molecule has 3 nitrogen and oxygen atoms in total. The van der Waals surface area contributed by atoms with Crippen LogP contribution in [0.3, 0.4) is 0 Å². The second-order valence-electron chi connectivity index (χ2n) is 4.17. The fourth-order valence-electron chi connectivity index (χ4n) is 2.40. The summed E-state index contributed by atoms with van der Waals surface area (Å²) in [6.45, 7) is 3.97. The summed E-state index contributed by atoms with van der Waals surface area (Å²) in [5, 5.41) is 2.43. The molecule has 0 radical (unpaired) electrons. The molecule has 0 aromatic heterocycles. The van der Waals surface area contributed by atoms with Gasteiger partial charge >= 0.3 is 0 Å². The standard InChI is InChI=1S/C9H13NO2/c1-5-6-3-4-9(5,2)8(12)10-7(6)11/h5-6H,3-4H2,1-2H3,(H,10,11,12)/t5-,6+,9-/m1/s1. The first-order chi connectivity index (χ1) is 5.55. The van der Waals surface area contributed by atoms with E-state index in [4.69, 9.17) is 0 Å². The smallest absolute Gasteiger partial charge is 0.232 e. The lowest BCUT2D eigenvalue weighted by Crippen LogP contribution is -2.51. The van der Waals surface area contributed by atoms with Crippen LogP contribution in [0.5, 0.6) is 0 Å². The van der Waals surface area contributed by atoms with Crippen LogP contribution in [0.25, 0.3) is 0 Å². The molecule has 0 unspecified atom stereocenters. The highest BCUT2D eigenvalue weighted by Gasteiger charge is 2.54. The first-order valence-electron chi connectivity index (χ1n) is 4.41. The maximum absolute atomic E-state index is 11.5. The molecule has 1 saturated heterocycles. The van der Waals surface area contributed by atoms with E-state index in [0.29, 0.717) is 0 Å². The molecule has 1 saturated carbocycles. The first-order valence-corrected chi connectivity index (χ1v) is 4.41. The van der Waals surface area contributed by atoms with Crippen LogP contribution in [0, 0.1) is 17.3 Å². The van der Waals surface area contributed by atoms with Crippen LogP contribution >= 0.6 is 0 Å². The van der Waals surface area contributed by atoms with Crippen molar-refractivity contribution in [3.63, 3.8) is 0 Å². The van der Waals surface area contributed by atoms with Crippen LogP contribution in [0.1, 0.15) is 26.7 Å². The van der Waals surface area contributed by atoms with Gasteiger partial charge in [0.1, 0.15) is 0 Å². The van der Waals surface area contributed by atoms with Gasteiger partial charge in [0.15, 0.2) is 0 Å². The number of fused-ring (bicyclic) bond motifs is 2. The van der Waals surface area contributed by atoms with Crippen molar-refractivity contribution in [2.45, 2.75) is 26.7 Å². The third kappa shape index (κ3) is 0.713. The number of rotatable bonds is 0. The van der Waals surface area contributed by atoms with Gasteiger partial charge in [-0.1, -0.05) is 13.8 Å². The summed E-state index contributed by atoms with van der Waals surface area (Å²) in [6.07, 6.45) is 1.73. The summed E-state index contributed by atoms with van der Waals surface area (Å²) in [4.78, 5) is 22.7. The molecular weight excluding hydrogens is 154 g/mol. The first kappa shape index (κ1) is 7.77. The normalized spacial score (nSPS) is 46.2. The molecular formula is C9H13NO2. The summed E-state index contributed by atoms with van der Waals surface area (Å²) < 4.78 is 0. The fraction of sp³-hybridized carbons (Fsp3) is 0.778. The van der Waals surface area contributed by atoms with Crippen molar-refractivity contribution < 1.29 is 9.59 Å². The molecule has 3 atom stereocenters. The number of carbonyl (C=O) groups is 2. The summed E-state index contributed by atoms with van der Waals surface area (Å²) in [6, 6.07) is 0. The van der Waals surface area contributed by atoms with Gasteiger partial charge in [0.05, 0.1) is 5.41 Å². The van der Waals surface area contributed by atoms with Gasteiger partial charge in [-0.15, -0.1) is 0 Å². The van der Waals surface area contributed by atoms with Gasteiger partial charge in [-0.05, 0) is 18.8 Å². The lowest BCUT2D eigenvalue weighted by molar-refractivity contribution is -0.144. The van der Waals surface area contributed by atoms with E-state index >= 15 is 0 Å². The summed E-state index contributed by atoms with van der Waals surface area (Å²) >= 11 is 0. The maximum atomic E-state index is 11.5. The van der Waals surface area contributed by atoms with E-state index in [1.54, 1.807) is 0 Å². The number of hydrogen-bond acceptors (Lipinski definition) is 2. The van der Waals surface area contributed by atoms with Gasteiger partial charge < -0.3 is 0 Å².